The molecule has 1 saturated heterocycles. The number of benzene rings is 1. The molecule has 0 amide bonds. The van der Waals surface area contributed by atoms with Gasteiger partial charge in [-0.25, -0.2) is 0 Å². The topological polar surface area (TPSA) is 57.0 Å². The van der Waals surface area contributed by atoms with Crippen molar-refractivity contribution in [3.8, 4) is 17.2 Å². The molecule has 0 saturated carbocycles. The van der Waals surface area contributed by atoms with Crippen molar-refractivity contribution in [3.63, 3.8) is 0 Å². The van der Waals surface area contributed by atoms with E-state index < -0.39 is 0 Å². The molecule has 3 heterocycles. The number of nitrogens with two attached hydrogens (primary N) is 1. The van der Waals surface area contributed by atoms with E-state index in [4.69, 9.17) is 19.9 Å². The summed E-state index contributed by atoms with van der Waals surface area (Å²) >= 11 is 0. The minimum Gasteiger partial charge on any atom is -0.483 e. The van der Waals surface area contributed by atoms with Crippen LogP contribution >= 0.6 is 0 Å². The van der Waals surface area contributed by atoms with Crippen molar-refractivity contribution in [2.75, 3.05) is 26.9 Å². The third-order valence-corrected chi connectivity index (χ3v) is 4.73. The summed E-state index contributed by atoms with van der Waals surface area (Å²) < 4.78 is 17.4. The molecule has 2 N–H and O–H groups in total. The van der Waals surface area contributed by atoms with Crippen molar-refractivity contribution in [1.29, 1.82) is 0 Å². The first kappa shape index (κ1) is 12.3. The lowest BCUT2D eigenvalue weighted by atomic mass is 9.81. The van der Waals surface area contributed by atoms with Gasteiger partial charge in [-0.3, -0.25) is 0 Å². The first-order valence-corrected chi connectivity index (χ1v) is 7.23. The molecule has 5 heteroatoms. The third-order valence-electron chi connectivity index (χ3n) is 4.73. The Morgan fingerprint density at radius 3 is 2.80 bits per heavy atom. The normalized spacial score (nSPS) is 27.2. The molecule has 5 nitrogen and oxygen atoms in total. The lowest BCUT2D eigenvalue weighted by molar-refractivity contribution is -0.0184. The Bertz CT molecular complexity index is 538. The standard InChI is InChI=1S/C15H20N2O3/c1-17-6-4-15(5-7-17)8-11(16)10-2-3-12-14(13(10)20-15)19-9-18-12/h2-3,11H,4-9,16H2,1H3. The summed E-state index contributed by atoms with van der Waals surface area (Å²) in [7, 11) is 2.15. The fourth-order valence-corrected chi connectivity index (χ4v) is 3.46. The van der Waals surface area contributed by atoms with E-state index in [0.717, 1.165) is 55.2 Å². The van der Waals surface area contributed by atoms with Crippen molar-refractivity contribution in [3.05, 3.63) is 17.7 Å². The van der Waals surface area contributed by atoms with E-state index in [0.29, 0.717) is 0 Å². The zero-order valence-corrected chi connectivity index (χ0v) is 11.7. The van der Waals surface area contributed by atoms with E-state index in [-0.39, 0.29) is 18.4 Å². The Labute approximate surface area is 118 Å². The van der Waals surface area contributed by atoms with Crippen LogP contribution in [0.3, 0.4) is 0 Å². The van der Waals surface area contributed by atoms with Gasteiger partial charge in [0, 0.05) is 31.1 Å². The van der Waals surface area contributed by atoms with Crippen molar-refractivity contribution < 1.29 is 14.2 Å². The Kier molecular flexibility index (Phi) is 2.62. The lowest BCUT2D eigenvalue weighted by Crippen LogP contribution is -2.50. The number of fused-ring (bicyclic) bond motifs is 3. The number of rotatable bonds is 0. The number of likely N-dealkylation sites (tertiary alicyclic amines) is 1. The average Bonchev–Trinajstić information content (AvgIpc) is 2.91. The zero-order chi connectivity index (χ0) is 13.7. The van der Waals surface area contributed by atoms with Gasteiger partial charge in [0.05, 0.1) is 0 Å². The van der Waals surface area contributed by atoms with Crippen LogP contribution in [0.15, 0.2) is 12.1 Å². The third kappa shape index (κ3) is 1.77. The van der Waals surface area contributed by atoms with Gasteiger partial charge in [0.2, 0.25) is 12.5 Å². The van der Waals surface area contributed by atoms with Gasteiger partial charge >= 0.3 is 0 Å². The predicted molar refractivity (Wildman–Crippen MR) is 74.2 cm³/mol. The number of hydrogen-bond donors (Lipinski definition) is 1. The van der Waals surface area contributed by atoms with Crippen LogP contribution in [0.2, 0.25) is 0 Å². The van der Waals surface area contributed by atoms with Crippen molar-refractivity contribution >= 4 is 0 Å². The molecule has 0 bridgehead atoms. The van der Waals surface area contributed by atoms with E-state index in [1.54, 1.807) is 0 Å². The molecule has 1 aromatic rings. The maximum absolute atomic E-state index is 6.41. The smallest absolute Gasteiger partial charge is 0.231 e. The Hall–Kier alpha value is -1.46. The van der Waals surface area contributed by atoms with E-state index in [2.05, 4.69) is 11.9 Å². The highest BCUT2D eigenvalue weighted by molar-refractivity contribution is 5.58. The molecular formula is C15H20N2O3. The van der Waals surface area contributed by atoms with Crippen LogP contribution in [-0.2, 0) is 0 Å². The minimum absolute atomic E-state index is 0.0108. The summed E-state index contributed by atoms with van der Waals surface area (Å²) in [5.41, 5.74) is 7.29. The second-order valence-electron chi connectivity index (χ2n) is 6.12. The Morgan fingerprint density at radius 1 is 1.20 bits per heavy atom. The Morgan fingerprint density at radius 2 is 2.00 bits per heavy atom. The lowest BCUT2D eigenvalue weighted by Gasteiger charge is -2.45. The van der Waals surface area contributed by atoms with Gasteiger partial charge in [-0.15, -0.1) is 0 Å². The minimum atomic E-state index is -0.139. The van der Waals surface area contributed by atoms with Crippen LogP contribution in [-0.4, -0.2) is 37.4 Å². The largest absolute Gasteiger partial charge is 0.483 e. The van der Waals surface area contributed by atoms with Crippen molar-refractivity contribution in [2.24, 2.45) is 5.73 Å². The van der Waals surface area contributed by atoms with E-state index in [1.165, 1.54) is 0 Å². The second-order valence-corrected chi connectivity index (χ2v) is 6.12. The molecule has 0 aliphatic carbocycles. The highest BCUT2D eigenvalue weighted by Gasteiger charge is 2.43. The summed E-state index contributed by atoms with van der Waals surface area (Å²) in [6.07, 6.45) is 2.91. The van der Waals surface area contributed by atoms with Crippen LogP contribution < -0.4 is 19.9 Å². The molecular weight excluding hydrogens is 256 g/mol. The summed E-state index contributed by atoms with van der Waals surface area (Å²) in [6, 6.07) is 3.95. The predicted octanol–water partition coefficient (Wildman–Crippen LogP) is 1.66. The van der Waals surface area contributed by atoms with Gasteiger partial charge in [-0.05, 0) is 32.0 Å². The molecule has 108 valence electrons. The maximum atomic E-state index is 6.41. The molecule has 3 aliphatic heterocycles. The summed E-state index contributed by atoms with van der Waals surface area (Å²) in [5.74, 6) is 2.31. The van der Waals surface area contributed by atoms with Crippen molar-refractivity contribution in [2.45, 2.75) is 30.9 Å². The van der Waals surface area contributed by atoms with Gasteiger partial charge in [-0.1, -0.05) is 0 Å². The molecule has 0 radical (unpaired) electrons. The van der Waals surface area contributed by atoms with Crippen LogP contribution in [0.25, 0.3) is 0 Å². The van der Waals surface area contributed by atoms with Crippen molar-refractivity contribution in [1.82, 2.24) is 4.90 Å². The summed E-state index contributed by atoms with van der Waals surface area (Å²) in [4.78, 5) is 2.34. The highest BCUT2D eigenvalue weighted by Crippen LogP contribution is 2.51. The van der Waals surface area contributed by atoms with Gasteiger partial charge in [-0.2, -0.15) is 0 Å². The molecule has 20 heavy (non-hydrogen) atoms. The fraction of sp³-hybridized carbons (Fsp3) is 0.600. The molecule has 1 atom stereocenters. The van der Waals surface area contributed by atoms with Gasteiger partial charge in [0.25, 0.3) is 0 Å². The molecule has 1 fully saturated rings. The first-order chi connectivity index (χ1) is 9.67. The fourth-order valence-electron chi connectivity index (χ4n) is 3.46. The summed E-state index contributed by atoms with van der Waals surface area (Å²) in [5, 5.41) is 0. The van der Waals surface area contributed by atoms with Crippen LogP contribution in [0.1, 0.15) is 30.9 Å². The number of ether oxygens (including phenoxy) is 3. The van der Waals surface area contributed by atoms with Crippen LogP contribution in [0, 0.1) is 0 Å². The van der Waals surface area contributed by atoms with E-state index >= 15 is 0 Å². The molecule has 1 unspecified atom stereocenters. The molecule has 1 aromatic carbocycles. The second kappa shape index (κ2) is 4.27. The quantitative estimate of drug-likeness (QED) is 0.781. The highest BCUT2D eigenvalue weighted by atomic mass is 16.7. The molecule has 0 aromatic heterocycles. The van der Waals surface area contributed by atoms with Crippen LogP contribution in [0.4, 0.5) is 0 Å². The summed E-state index contributed by atoms with van der Waals surface area (Å²) in [6.45, 7) is 2.36. The monoisotopic (exact) mass is 276 g/mol. The molecule has 3 aliphatic rings. The van der Waals surface area contributed by atoms with Gasteiger partial charge < -0.3 is 24.8 Å². The molecule has 4 rings (SSSR count). The SMILES string of the molecule is CN1CCC2(CC1)CC(N)c1ccc3c(c1O2)OCO3. The first-order valence-electron chi connectivity index (χ1n) is 7.23. The van der Waals surface area contributed by atoms with E-state index in [1.807, 2.05) is 12.1 Å². The number of hydrogen-bond acceptors (Lipinski definition) is 5. The van der Waals surface area contributed by atoms with E-state index in [9.17, 15) is 0 Å². The Balaban J connectivity index is 1.73. The maximum Gasteiger partial charge on any atom is 0.231 e. The molecule has 1 spiro atoms. The number of nitrogens with zero attached hydrogens (tertiary/aromatic N) is 1. The van der Waals surface area contributed by atoms with Gasteiger partial charge in [0.15, 0.2) is 11.5 Å². The average molecular weight is 276 g/mol. The zero-order valence-electron chi connectivity index (χ0n) is 11.7. The number of piperidine rings is 1. The van der Waals surface area contributed by atoms with Gasteiger partial charge in [0.1, 0.15) is 5.60 Å². The van der Waals surface area contributed by atoms with Crippen LogP contribution in [0.5, 0.6) is 17.2 Å².